The Morgan fingerprint density at radius 2 is 2.09 bits per heavy atom. The Balaban J connectivity index is 1.62. The van der Waals surface area contributed by atoms with Crippen molar-refractivity contribution in [3.05, 3.63) is 63.6 Å². The standard InChI is InChI=1S/C23H22Cl2FN5O3/c1-34-21-9-16(17(25)11-28-21)19-10-20(30-29-19)23(33)31-5-4-12(22(27)32)7-15(31)8-13-6-14(24)2-3-18(13)26/h2-3,6,9-12,15H,4-5,7-8H2,1H3,(H2,27,32)(H,29,30). The maximum Gasteiger partial charge on any atom is 0.272 e. The van der Waals surface area contributed by atoms with Gasteiger partial charge in [0.15, 0.2) is 0 Å². The first kappa shape index (κ1) is 24.0. The molecule has 0 spiro atoms. The topological polar surface area (TPSA) is 114 Å². The fourth-order valence-corrected chi connectivity index (χ4v) is 4.57. The number of nitrogens with two attached hydrogens (primary N) is 1. The number of amides is 2. The van der Waals surface area contributed by atoms with Crippen LogP contribution in [0.5, 0.6) is 5.88 Å². The second-order valence-corrected chi connectivity index (χ2v) is 8.93. The molecule has 1 fully saturated rings. The molecule has 2 aromatic heterocycles. The third-order valence-corrected chi connectivity index (χ3v) is 6.50. The molecule has 3 aromatic rings. The van der Waals surface area contributed by atoms with Crippen molar-refractivity contribution in [2.24, 2.45) is 11.7 Å². The van der Waals surface area contributed by atoms with Crippen LogP contribution in [0.15, 0.2) is 36.5 Å². The van der Waals surface area contributed by atoms with Gasteiger partial charge in [0.05, 0.1) is 24.0 Å². The largest absolute Gasteiger partial charge is 0.481 e. The van der Waals surface area contributed by atoms with Crippen molar-refractivity contribution in [3.63, 3.8) is 0 Å². The average molecular weight is 506 g/mol. The molecule has 8 nitrogen and oxygen atoms in total. The summed E-state index contributed by atoms with van der Waals surface area (Å²) in [4.78, 5) is 30.9. The number of carbonyl (C=O) groups is 2. The Bertz CT molecular complexity index is 1240. The fourth-order valence-electron chi connectivity index (χ4n) is 4.18. The van der Waals surface area contributed by atoms with E-state index in [1.807, 2.05) is 0 Å². The SMILES string of the molecule is COc1cc(-c2cc(C(=O)N3CCC(C(N)=O)CC3Cc3cc(Cl)ccc3F)[nH]n2)c(Cl)cn1. The monoisotopic (exact) mass is 505 g/mol. The van der Waals surface area contributed by atoms with Gasteiger partial charge in [-0.1, -0.05) is 23.2 Å². The zero-order valence-corrected chi connectivity index (χ0v) is 19.7. The number of likely N-dealkylation sites (tertiary alicyclic amines) is 1. The Morgan fingerprint density at radius 1 is 1.29 bits per heavy atom. The number of hydrogen-bond donors (Lipinski definition) is 2. The van der Waals surface area contributed by atoms with Gasteiger partial charge in [-0.05, 0) is 49.1 Å². The number of piperidine rings is 1. The van der Waals surface area contributed by atoms with Crippen LogP contribution in [0.3, 0.4) is 0 Å². The van der Waals surface area contributed by atoms with Crippen molar-refractivity contribution in [1.82, 2.24) is 20.1 Å². The molecule has 1 aromatic carbocycles. The number of hydrogen-bond acceptors (Lipinski definition) is 5. The molecule has 1 aliphatic heterocycles. The Morgan fingerprint density at radius 3 is 2.82 bits per heavy atom. The van der Waals surface area contributed by atoms with Crippen molar-refractivity contribution >= 4 is 35.0 Å². The lowest BCUT2D eigenvalue weighted by atomic mass is 9.86. The van der Waals surface area contributed by atoms with Crippen LogP contribution in [0.2, 0.25) is 10.0 Å². The summed E-state index contributed by atoms with van der Waals surface area (Å²) in [6.45, 7) is 0.289. The van der Waals surface area contributed by atoms with E-state index >= 15 is 0 Å². The summed E-state index contributed by atoms with van der Waals surface area (Å²) < 4.78 is 19.6. The number of methoxy groups -OCH3 is 1. The summed E-state index contributed by atoms with van der Waals surface area (Å²) in [7, 11) is 1.48. The third-order valence-electron chi connectivity index (χ3n) is 5.97. The normalized spacial score (nSPS) is 18.1. The zero-order chi connectivity index (χ0) is 24.4. The van der Waals surface area contributed by atoms with Crippen LogP contribution in [0, 0.1) is 11.7 Å². The first-order valence-electron chi connectivity index (χ1n) is 10.6. The summed E-state index contributed by atoms with van der Waals surface area (Å²) in [5, 5.41) is 7.72. The van der Waals surface area contributed by atoms with Crippen LogP contribution in [-0.2, 0) is 11.2 Å². The maximum absolute atomic E-state index is 14.4. The summed E-state index contributed by atoms with van der Waals surface area (Å²) in [5.74, 6) is -1.24. The molecule has 0 saturated carbocycles. The molecule has 3 heterocycles. The van der Waals surface area contributed by atoms with Gasteiger partial charge in [-0.25, -0.2) is 9.37 Å². The van der Waals surface area contributed by atoms with Crippen LogP contribution in [-0.4, -0.2) is 51.6 Å². The third kappa shape index (κ3) is 5.00. The Labute approximate surface area is 205 Å². The molecule has 0 bridgehead atoms. The van der Waals surface area contributed by atoms with Crippen LogP contribution in [0.25, 0.3) is 11.3 Å². The number of pyridine rings is 1. The minimum atomic E-state index is -0.455. The number of carbonyl (C=O) groups excluding carboxylic acids is 2. The number of primary amides is 1. The molecular formula is C23H22Cl2FN5O3. The van der Waals surface area contributed by atoms with Crippen molar-refractivity contribution in [1.29, 1.82) is 0 Å². The van der Waals surface area contributed by atoms with Gasteiger partial charge in [0.2, 0.25) is 11.8 Å². The van der Waals surface area contributed by atoms with Gasteiger partial charge in [-0.2, -0.15) is 5.10 Å². The van der Waals surface area contributed by atoms with Gasteiger partial charge >= 0.3 is 0 Å². The van der Waals surface area contributed by atoms with E-state index < -0.39 is 23.7 Å². The highest BCUT2D eigenvalue weighted by atomic mass is 35.5. The molecule has 178 valence electrons. The van der Waals surface area contributed by atoms with Gasteiger partial charge in [-0.15, -0.1) is 0 Å². The summed E-state index contributed by atoms with van der Waals surface area (Å²) >= 11 is 12.3. The first-order valence-corrected chi connectivity index (χ1v) is 11.3. The zero-order valence-electron chi connectivity index (χ0n) is 18.2. The summed E-state index contributed by atoms with van der Waals surface area (Å²) in [6, 6.07) is 7.02. The number of ether oxygens (including phenoxy) is 1. The van der Waals surface area contributed by atoms with Gasteiger partial charge in [0, 0.05) is 35.2 Å². The van der Waals surface area contributed by atoms with Gasteiger partial charge in [-0.3, -0.25) is 14.7 Å². The molecule has 2 unspecified atom stereocenters. The lowest BCUT2D eigenvalue weighted by molar-refractivity contribution is -0.123. The predicted octanol–water partition coefficient (Wildman–Crippen LogP) is 3.88. The van der Waals surface area contributed by atoms with Crippen LogP contribution in [0.4, 0.5) is 4.39 Å². The number of H-pyrrole nitrogens is 1. The minimum Gasteiger partial charge on any atom is -0.481 e. The van der Waals surface area contributed by atoms with Crippen molar-refractivity contribution in [2.75, 3.05) is 13.7 Å². The molecule has 2 amide bonds. The molecule has 1 aliphatic rings. The summed E-state index contributed by atoms with van der Waals surface area (Å²) in [6.07, 6.45) is 2.37. The van der Waals surface area contributed by atoms with E-state index in [2.05, 4.69) is 15.2 Å². The fraction of sp³-hybridized carbons (Fsp3) is 0.304. The Hall–Kier alpha value is -3.17. The summed E-state index contributed by atoms with van der Waals surface area (Å²) in [5.41, 5.74) is 7.12. The van der Waals surface area contributed by atoms with Crippen LogP contribution in [0.1, 0.15) is 28.9 Å². The highest BCUT2D eigenvalue weighted by molar-refractivity contribution is 6.33. The van der Waals surface area contributed by atoms with Crippen molar-refractivity contribution in [2.45, 2.75) is 25.3 Å². The maximum atomic E-state index is 14.4. The molecule has 2 atom stereocenters. The number of nitrogens with one attached hydrogen (secondary N) is 1. The highest BCUT2D eigenvalue weighted by Crippen LogP contribution is 2.31. The van der Waals surface area contributed by atoms with E-state index in [4.69, 9.17) is 33.7 Å². The van der Waals surface area contributed by atoms with E-state index in [9.17, 15) is 14.0 Å². The molecule has 0 aliphatic carbocycles. The van der Waals surface area contributed by atoms with Crippen molar-refractivity contribution in [3.8, 4) is 17.1 Å². The molecule has 0 radical (unpaired) electrons. The first-order chi connectivity index (χ1) is 16.3. The molecular weight excluding hydrogens is 484 g/mol. The predicted molar refractivity (Wildman–Crippen MR) is 125 cm³/mol. The van der Waals surface area contributed by atoms with Crippen molar-refractivity contribution < 1.29 is 18.7 Å². The van der Waals surface area contributed by atoms with Gasteiger partial charge in [0.1, 0.15) is 11.5 Å². The van der Waals surface area contributed by atoms with E-state index in [1.165, 1.54) is 31.5 Å². The number of aromatic amines is 1. The van der Waals surface area contributed by atoms with E-state index in [-0.39, 0.29) is 24.6 Å². The smallest absolute Gasteiger partial charge is 0.272 e. The average Bonchev–Trinajstić information content (AvgIpc) is 3.31. The quantitative estimate of drug-likeness (QED) is 0.527. The van der Waals surface area contributed by atoms with E-state index in [0.29, 0.717) is 45.6 Å². The molecule has 11 heteroatoms. The second-order valence-electron chi connectivity index (χ2n) is 8.09. The molecule has 1 saturated heterocycles. The number of aromatic nitrogens is 3. The number of nitrogens with zero attached hydrogens (tertiary/aromatic N) is 3. The molecule has 34 heavy (non-hydrogen) atoms. The number of halogens is 3. The lowest BCUT2D eigenvalue weighted by Crippen LogP contribution is -2.49. The van der Waals surface area contributed by atoms with Gasteiger partial charge < -0.3 is 15.4 Å². The number of rotatable bonds is 6. The van der Waals surface area contributed by atoms with E-state index in [0.717, 1.165) is 0 Å². The lowest BCUT2D eigenvalue weighted by Gasteiger charge is -2.38. The molecule has 4 rings (SSSR count). The Kier molecular flexibility index (Phi) is 7.04. The van der Waals surface area contributed by atoms with E-state index in [1.54, 1.807) is 17.0 Å². The second kappa shape index (κ2) is 9.99. The van der Waals surface area contributed by atoms with Crippen LogP contribution >= 0.6 is 23.2 Å². The minimum absolute atomic E-state index is 0.191. The highest BCUT2D eigenvalue weighted by Gasteiger charge is 2.35. The molecule has 3 N–H and O–H groups in total. The van der Waals surface area contributed by atoms with Gasteiger partial charge in [0.25, 0.3) is 5.91 Å². The number of benzene rings is 1. The van der Waals surface area contributed by atoms with Crippen LogP contribution < -0.4 is 10.5 Å².